The number of aromatic nitrogens is 3. The van der Waals surface area contributed by atoms with Gasteiger partial charge in [0, 0.05) is 22.9 Å². The fraction of sp³-hybridized carbons (Fsp3) is 0.310. The molecule has 0 fully saturated rings. The summed E-state index contributed by atoms with van der Waals surface area (Å²) >= 11 is 0. The van der Waals surface area contributed by atoms with Crippen LogP contribution in [0.4, 0.5) is 5.69 Å². The van der Waals surface area contributed by atoms with Crippen molar-refractivity contribution in [3.8, 4) is 23.0 Å². The van der Waals surface area contributed by atoms with Crippen molar-refractivity contribution in [2.45, 2.75) is 38.9 Å². The minimum Gasteiger partial charge on any atom is -0.497 e. The van der Waals surface area contributed by atoms with Crippen molar-refractivity contribution < 1.29 is 28.5 Å². The average molecular weight is 546 g/mol. The van der Waals surface area contributed by atoms with Gasteiger partial charge in [0.15, 0.2) is 11.5 Å². The van der Waals surface area contributed by atoms with E-state index in [1.54, 1.807) is 36.4 Å². The van der Waals surface area contributed by atoms with E-state index in [1.807, 2.05) is 45.0 Å². The highest BCUT2D eigenvalue weighted by molar-refractivity contribution is 6.02. The van der Waals surface area contributed by atoms with Crippen molar-refractivity contribution in [2.24, 2.45) is 0 Å². The number of carbonyl (C=O) groups excluding carboxylic acids is 2. The van der Waals surface area contributed by atoms with Crippen molar-refractivity contribution >= 4 is 28.5 Å². The minimum atomic E-state index is -1.15. The van der Waals surface area contributed by atoms with Gasteiger partial charge in [-0.05, 0) is 63.2 Å². The number of ether oxygens (including phenoxy) is 4. The van der Waals surface area contributed by atoms with Gasteiger partial charge in [-0.1, -0.05) is 17.3 Å². The summed E-state index contributed by atoms with van der Waals surface area (Å²) in [6.45, 7) is 5.51. The van der Waals surface area contributed by atoms with E-state index < -0.39 is 23.4 Å². The smallest absolute Gasteiger partial charge is 0.249 e. The molecule has 2 amide bonds. The molecule has 1 aromatic heterocycles. The maximum absolute atomic E-state index is 14.3. The number of nitrogens with zero attached hydrogens (tertiary/aromatic N) is 4. The lowest BCUT2D eigenvalue weighted by molar-refractivity contribution is -0.128. The topological polar surface area (TPSA) is 117 Å². The van der Waals surface area contributed by atoms with Crippen molar-refractivity contribution in [2.75, 3.05) is 25.9 Å². The predicted octanol–water partition coefficient (Wildman–Crippen LogP) is 3.87. The zero-order valence-electron chi connectivity index (χ0n) is 23.0. The van der Waals surface area contributed by atoms with Gasteiger partial charge < -0.3 is 24.3 Å². The van der Waals surface area contributed by atoms with Crippen LogP contribution >= 0.6 is 0 Å². The molecule has 3 aromatic carbocycles. The fourth-order valence-corrected chi connectivity index (χ4v) is 4.60. The Hall–Kier alpha value is -4.80. The summed E-state index contributed by atoms with van der Waals surface area (Å²) in [5.41, 5.74) is 1.63. The lowest BCUT2D eigenvalue weighted by atomic mass is 9.99. The largest absolute Gasteiger partial charge is 0.497 e. The monoisotopic (exact) mass is 545 g/mol. The Kier molecular flexibility index (Phi) is 7.20. The molecule has 208 valence electrons. The molecule has 1 aliphatic rings. The standard InChI is InChI=1S/C29H31N5O6/c1-29(2,3)30-28(36)27(20-15-19(37-4)11-13-23(20)38-5)34(18-10-12-24-25(14-18)40-17-39-24)26(35)16-33-22-9-7-6-8-21(22)31-32-33/h6-15,27H,16-17H2,1-5H3,(H,30,36)/t27-/m1/s1. The van der Waals surface area contributed by atoms with E-state index in [1.165, 1.54) is 23.8 Å². The predicted molar refractivity (Wildman–Crippen MR) is 148 cm³/mol. The molecule has 2 heterocycles. The first kappa shape index (κ1) is 26.8. The van der Waals surface area contributed by atoms with Crippen molar-refractivity contribution in [1.29, 1.82) is 0 Å². The van der Waals surface area contributed by atoms with Gasteiger partial charge in [0.1, 0.15) is 29.6 Å². The first-order valence-electron chi connectivity index (χ1n) is 12.7. The molecule has 0 radical (unpaired) electrons. The van der Waals surface area contributed by atoms with Gasteiger partial charge in [0.05, 0.1) is 19.7 Å². The number of carbonyl (C=O) groups is 2. The number of benzene rings is 3. The van der Waals surface area contributed by atoms with Crippen molar-refractivity contribution in [3.05, 3.63) is 66.2 Å². The maximum atomic E-state index is 14.3. The molecule has 1 atom stereocenters. The first-order valence-corrected chi connectivity index (χ1v) is 12.7. The quantitative estimate of drug-likeness (QED) is 0.355. The van der Waals surface area contributed by atoms with E-state index in [2.05, 4.69) is 15.6 Å². The van der Waals surface area contributed by atoms with Crippen LogP contribution in [0, 0.1) is 0 Å². The molecule has 0 bridgehead atoms. The summed E-state index contributed by atoms with van der Waals surface area (Å²) in [6, 6.07) is 16.5. The number of hydrogen-bond acceptors (Lipinski definition) is 8. The normalized spacial score (nSPS) is 13.1. The zero-order chi connectivity index (χ0) is 28.4. The fourth-order valence-electron chi connectivity index (χ4n) is 4.60. The van der Waals surface area contributed by atoms with E-state index in [0.29, 0.717) is 45.3 Å². The van der Waals surface area contributed by atoms with Crippen LogP contribution in [-0.4, -0.2) is 53.4 Å². The summed E-state index contributed by atoms with van der Waals surface area (Å²) in [5.74, 6) is 1.12. The third kappa shape index (κ3) is 5.35. The van der Waals surface area contributed by atoms with E-state index in [9.17, 15) is 9.59 Å². The highest BCUT2D eigenvalue weighted by atomic mass is 16.7. The van der Waals surface area contributed by atoms with Crippen LogP contribution in [0.15, 0.2) is 60.7 Å². The lowest BCUT2D eigenvalue weighted by Gasteiger charge is -2.34. The van der Waals surface area contributed by atoms with Gasteiger partial charge in [-0.25, -0.2) is 4.68 Å². The summed E-state index contributed by atoms with van der Waals surface area (Å²) < 4.78 is 23.7. The Balaban J connectivity index is 1.68. The Labute approximate surface area is 231 Å². The van der Waals surface area contributed by atoms with Crippen LogP contribution in [0.5, 0.6) is 23.0 Å². The number of hydrogen-bond donors (Lipinski definition) is 1. The van der Waals surface area contributed by atoms with Gasteiger partial charge in [-0.3, -0.25) is 14.5 Å². The highest BCUT2D eigenvalue weighted by Crippen LogP contribution is 2.40. The van der Waals surface area contributed by atoms with Gasteiger partial charge in [-0.15, -0.1) is 5.10 Å². The van der Waals surface area contributed by atoms with Crippen LogP contribution in [0.1, 0.15) is 32.4 Å². The van der Waals surface area contributed by atoms with Crippen LogP contribution < -0.4 is 29.2 Å². The number of fused-ring (bicyclic) bond motifs is 2. The third-order valence-electron chi connectivity index (χ3n) is 6.34. The molecule has 4 aromatic rings. The number of para-hydroxylation sites is 1. The summed E-state index contributed by atoms with van der Waals surface area (Å²) in [4.78, 5) is 29.8. The highest BCUT2D eigenvalue weighted by Gasteiger charge is 2.37. The first-order chi connectivity index (χ1) is 19.2. The molecular weight excluding hydrogens is 514 g/mol. The Bertz CT molecular complexity index is 1560. The second-order valence-corrected chi connectivity index (χ2v) is 10.3. The molecule has 40 heavy (non-hydrogen) atoms. The summed E-state index contributed by atoms with van der Waals surface area (Å²) in [5, 5.41) is 11.4. The molecule has 0 aliphatic carbocycles. The molecule has 0 saturated carbocycles. The minimum absolute atomic E-state index is 0.0648. The Morgan fingerprint density at radius 2 is 1.80 bits per heavy atom. The van der Waals surface area contributed by atoms with E-state index >= 15 is 0 Å². The third-order valence-corrected chi connectivity index (χ3v) is 6.34. The Morgan fingerprint density at radius 3 is 2.55 bits per heavy atom. The van der Waals surface area contributed by atoms with Crippen LogP contribution in [0.2, 0.25) is 0 Å². The second-order valence-electron chi connectivity index (χ2n) is 10.3. The summed E-state index contributed by atoms with van der Waals surface area (Å²) in [6.07, 6.45) is 0. The van der Waals surface area contributed by atoms with Crippen molar-refractivity contribution in [3.63, 3.8) is 0 Å². The van der Waals surface area contributed by atoms with Crippen LogP contribution in [0.25, 0.3) is 11.0 Å². The van der Waals surface area contributed by atoms with Gasteiger partial charge in [0.2, 0.25) is 18.6 Å². The van der Waals surface area contributed by atoms with Gasteiger partial charge in [0.25, 0.3) is 0 Å². The maximum Gasteiger partial charge on any atom is 0.249 e. The molecule has 1 N–H and O–H groups in total. The summed E-state index contributed by atoms with van der Waals surface area (Å²) in [7, 11) is 3.05. The molecular formula is C29H31N5O6. The molecule has 0 spiro atoms. The number of nitrogens with one attached hydrogen (secondary N) is 1. The molecule has 11 nitrogen and oxygen atoms in total. The lowest BCUT2D eigenvalue weighted by Crippen LogP contribution is -2.50. The molecule has 0 saturated heterocycles. The molecule has 5 rings (SSSR count). The Morgan fingerprint density at radius 1 is 1.02 bits per heavy atom. The number of rotatable bonds is 8. The number of anilines is 1. The number of amides is 2. The van der Waals surface area contributed by atoms with Gasteiger partial charge >= 0.3 is 0 Å². The van der Waals surface area contributed by atoms with Gasteiger partial charge in [-0.2, -0.15) is 0 Å². The van der Waals surface area contributed by atoms with Crippen molar-refractivity contribution in [1.82, 2.24) is 20.3 Å². The van der Waals surface area contributed by atoms with E-state index in [-0.39, 0.29) is 13.3 Å². The van der Waals surface area contributed by atoms with E-state index in [0.717, 1.165) is 0 Å². The molecule has 1 aliphatic heterocycles. The number of methoxy groups -OCH3 is 2. The average Bonchev–Trinajstić information content (AvgIpc) is 3.57. The SMILES string of the molecule is COc1ccc(OC)c([C@H](C(=O)NC(C)(C)C)N(C(=O)Cn2nnc3ccccc32)c2ccc3c(c2)OCO3)c1. The van der Waals surface area contributed by atoms with Crippen LogP contribution in [0.3, 0.4) is 0 Å². The second kappa shape index (κ2) is 10.8. The molecule has 11 heteroatoms. The molecule has 0 unspecified atom stereocenters. The zero-order valence-corrected chi connectivity index (χ0v) is 23.0. The van der Waals surface area contributed by atoms with Crippen LogP contribution in [-0.2, 0) is 16.1 Å². The van der Waals surface area contributed by atoms with E-state index in [4.69, 9.17) is 18.9 Å².